The van der Waals surface area contributed by atoms with Crippen molar-refractivity contribution in [3.63, 3.8) is 0 Å². The van der Waals surface area contributed by atoms with Gasteiger partial charge in [-0.1, -0.05) is 6.07 Å². The second-order valence-electron chi connectivity index (χ2n) is 6.14. The second kappa shape index (κ2) is 6.96. The van der Waals surface area contributed by atoms with Crippen molar-refractivity contribution in [2.75, 3.05) is 13.1 Å². The van der Waals surface area contributed by atoms with E-state index in [4.69, 9.17) is 0 Å². The Balaban J connectivity index is 2.05. The maximum Gasteiger partial charge on any atom is 0.419 e. The fourth-order valence-electron chi connectivity index (χ4n) is 2.75. The maximum absolute atomic E-state index is 13.3. The fourth-order valence-corrected chi connectivity index (χ4v) is 2.75. The Morgan fingerprint density at radius 3 is 2.58 bits per heavy atom. The van der Waals surface area contributed by atoms with Gasteiger partial charge in [0.05, 0.1) is 17.7 Å². The lowest BCUT2D eigenvalue weighted by Crippen LogP contribution is -2.40. The van der Waals surface area contributed by atoms with E-state index in [-0.39, 0.29) is 11.5 Å². The van der Waals surface area contributed by atoms with Gasteiger partial charge in [-0.2, -0.15) is 13.2 Å². The molecule has 2 amide bonds. The molecule has 3 unspecified atom stereocenters. The van der Waals surface area contributed by atoms with Crippen LogP contribution < -0.4 is 5.32 Å². The van der Waals surface area contributed by atoms with Gasteiger partial charge in [-0.05, 0) is 38.0 Å². The first-order chi connectivity index (χ1) is 11.1. The first-order valence-corrected chi connectivity index (χ1v) is 7.69. The maximum atomic E-state index is 13.3. The number of rotatable bonds is 3. The summed E-state index contributed by atoms with van der Waals surface area (Å²) in [6.07, 6.45) is -4.64. The van der Waals surface area contributed by atoms with Crippen LogP contribution >= 0.6 is 0 Å². The van der Waals surface area contributed by atoms with Gasteiger partial charge >= 0.3 is 12.2 Å². The van der Waals surface area contributed by atoms with Crippen molar-refractivity contribution in [1.29, 1.82) is 0 Å². The Labute approximate surface area is 137 Å². The van der Waals surface area contributed by atoms with E-state index in [2.05, 4.69) is 5.32 Å². The molecule has 0 aromatic heterocycles. The number of benzene rings is 1. The summed E-state index contributed by atoms with van der Waals surface area (Å²) in [6, 6.07) is 1.56. The van der Waals surface area contributed by atoms with E-state index in [0.29, 0.717) is 25.6 Å². The van der Waals surface area contributed by atoms with Crippen LogP contribution in [0.1, 0.15) is 37.4 Å². The Hall–Kier alpha value is -1.83. The van der Waals surface area contributed by atoms with Crippen molar-refractivity contribution < 1.29 is 27.5 Å². The van der Waals surface area contributed by atoms with Gasteiger partial charge in [-0.3, -0.25) is 0 Å². The largest absolute Gasteiger partial charge is 0.419 e. The zero-order valence-corrected chi connectivity index (χ0v) is 13.4. The van der Waals surface area contributed by atoms with E-state index in [1.54, 1.807) is 6.92 Å². The van der Waals surface area contributed by atoms with Crippen LogP contribution in [0.3, 0.4) is 0 Å². The first kappa shape index (κ1) is 18.5. The molecule has 1 aromatic carbocycles. The molecule has 0 spiro atoms. The fraction of sp³-hybridized carbons (Fsp3) is 0.562. The van der Waals surface area contributed by atoms with Gasteiger partial charge in [-0.15, -0.1) is 0 Å². The van der Waals surface area contributed by atoms with Crippen LogP contribution in [0.4, 0.5) is 22.4 Å². The van der Waals surface area contributed by atoms with Crippen molar-refractivity contribution >= 4 is 6.03 Å². The molecule has 0 saturated carbocycles. The van der Waals surface area contributed by atoms with Crippen LogP contribution in [0.5, 0.6) is 0 Å². The minimum Gasteiger partial charge on any atom is -0.393 e. The van der Waals surface area contributed by atoms with E-state index in [0.717, 1.165) is 6.07 Å². The summed E-state index contributed by atoms with van der Waals surface area (Å²) < 4.78 is 51.6. The van der Waals surface area contributed by atoms with Gasteiger partial charge in [0, 0.05) is 19.0 Å². The van der Waals surface area contributed by atoms with Crippen LogP contribution in [0.15, 0.2) is 18.2 Å². The van der Waals surface area contributed by atoms with Gasteiger partial charge in [0.2, 0.25) is 0 Å². The molecular formula is C16H20F4N2O2. The van der Waals surface area contributed by atoms with E-state index < -0.39 is 35.7 Å². The van der Waals surface area contributed by atoms with Crippen LogP contribution in [0, 0.1) is 11.7 Å². The molecule has 134 valence electrons. The summed E-state index contributed by atoms with van der Waals surface area (Å²) in [5, 5.41) is 12.2. The van der Waals surface area contributed by atoms with Gasteiger partial charge in [0.15, 0.2) is 0 Å². The van der Waals surface area contributed by atoms with Crippen LogP contribution in [0.2, 0.25) is 0 Å². The summed E-state index contributed by atoms with van der Waals surface area (Å²) in [4.78, 5) is 13.7. The van der Waals surface area contributed by atoms with Crippen molar-refractivity contribution in [2.45, 2.75) is 38.6 Å². The predicted octanol–water partition coefficient (Wildman–Crippen LogP) is 3.32. The molecule has 1 aliphatic heterocycles. The van der Waals surface area contributed by atoms with E-state index in [1.165, 1.54) is 17.9 Å². The molecule has 3 atom stereocenters. The molecule has 1 saturated heterocycles. The average Bonchev–Trinajstić information content (AvgIpc) is 2.96. The average molecular weight is 348 g/mol. The van der Waals surface area contributed by atoms with E-state index in [9.17, 15) is 27.5 Å². The summed E-state index contributed by atoms with van der Waals surface area (Å²) in [5.41, 5.74) is -1.18. The number of likely N-dealkylation sites (tertiary alicyclic amines) is 1. The molecule has 1 heterocycles. The van der Waals surface area contributed by atoms with Gasteiger partial charge in [0.25, 0.3) is 0 Å². The lowest BCUT2D eigenvalue weighted by molar-refractivity contribution is -0.140. The van der Waals surface area contributed by atoms with Gasteiger partial charge < -0.3 is 15.3 Å². The Kier molecular flexibility index (Phi) is 5.37. The second-order valence-corrected chi connectivity index (χ2v) is 6.14. The summed E-state index contributed by atoms with van der Waals surface area (Å²) in [5.74, 6) is -1.35. The quantitative estimate of drug-likeness (QED) is 0.824. The normalized spacial score (nSPS) is 20.8. The molecule has 24 heavy (non-hydrogen) atoms. The standard InChI is InChI=1S/C16H20F4N2O2/c1-9(11-3-4-14(17)13(7-11)16(18,19)20)21-15(24)22-6-5-12(8-22)10(2)23/h3-4,7,9-10,12,23H,5-6,8H2,1-2H3,(H,21,24). The number of nitrogens with zero attached hydrogens (tertiary/aromatic N) is 1. The van der Waals surface area contributed by atoms with Crippen LogP contribution in [-0.2, 0) is 6.18 Å². The third-order valence-corrected chi connectivity index (χ3v) is 4.33. The minimum atomic E-state index is -4.79. The molecular weight excluding hydrogens is 328 g/mol. The molecule has 2 rings (SSSR count). The molecule has 2 N–H and O–H groups in total. The number of hydrogen-bond donors (Lipinski definition) is 2. The Morgan fingerprint density at radius 2 is 2.04 bits per heavy atom. The van der Waals surface area contributed by atoms with Crippen molar-refractivity contribution in [3.05, 3.63) is 35.1 Å². The van der Waals surface area contributed by atoms with Crippen LogP contribution in [-0.4, -0.2) is 35.2 Å². The van der Waals surface area contributed by atoms with E-state index in [1.807, 2.05) is 0 Å². The van der Waals surface area contributed by atoms with Crippen molar-refractivity contribution in [1.82, 2.24) is 10.2 Å². The minimum absolute atomic E-state index is 0.00582. The Morgan fingerprint density at radius 1 is 1.38 bits per heavy atom. The lowest BCUT2D eigenvalue weighted by Gasteiger charge is -2.22. The highest BCUT2D eigenvalue weighted by atomic mass is 19.4. The van der Waals surface area contributed by atoms with Gasteiger partial charge in [-0.25, -0.2) is 9.18 Å². The number of alkyl halides is 3. The molecule has 1 aliphatic rings. The number of hydrogen-bond acceptors (Lipinski definition) is 2. The summed E-state index contributed by atoms with van der Waals surface area (Å²) in [7, 11) is 0. The van der Waals surface area contributed by atoms with Crippen molar-refractivity contribution in [3.8, 4) is 0 Å². The Bertz CT molecular complexity index is 604. The summed E-state index contributed by atoms with van der Waals surface area (Å²) in [6.45, 7) is 4.07. The molecule has 0 bridgehead atoms. The molecule has 1 aromatic rings. The topological polar surface area (TPSA) is 52.6 Å². The molecule has 0 radical (unpaired) electrons. The monoisotopic (exact) mass is 348 g/mol. The smallest absolute Gasteiger partial charge is 0.393 e. The number of amides is 2. The number of halogens is 4. The third-order valence-electron chi connectivity index (χ3n) is 4.33. The third kappa shape index (κ3) is 4.17. The van der Waals surface area contributed by atoms with E-state index >= 15 is 0 Å². The number of urea groups is 1. The van der Waals surface area contributed by atoms with Crippen molar-refractivity contribution in [2.24, 2.45) is 5.92 Å². The first-order valence-electron chi connectivity index (χ1n) is 7.69. The zero-order valence-electron chi connectivity index (χ0n) is 13.4. The van der Waals surface area contributed by atoms with Crippen LogP contribution in [0.25, 0.3) is 0 Å². The highest BCUT2D eigenvalue weighted by molar-refractivity contribution is 5.75. The number of aliphatic hydroxyl groups excluding tert-OH is 1. The highest BCUT2D eigenvalue weighted by Gasteiger charge is 2.35. The zero-order chi connectivity index (χ0) is 18.1. The number of nitrogens with one attached hydrogen (secondary N) is 1. The molecule has 1 fully saturated rings. The molecule has 0 aliphatic carbocycles. The number of carbonyl (C=O) groups is 1. The number of carbonyl (C=O) groups excluding carboxylic acids is 1. The lowest BCUT2D eigenvalue weighted by atomic mass is 10.0. The van der Waals surface area contributed by atoms with Gasteiger partial charge in [0.1, 0.15) is 5.82 Å². The number of aliphatic hydroxyl groups is 1. The highest BCUT2D eigenvalue weighted by Crippen LogP contribution is 2.33. The molecule has 4 nitrogen and oxygen atoms in total. The summed E-state index contributed by atoms with van der Waals surface area (Å²) >= 11 is 0. The SMILES string of the molecule is CC(NC(=O)N1CCC(C(C)O)C1)c1ccc(F)c(C(F)(F)F)c1. The molecule has 8 heteroatoms. The predicted molar refractivity (Wildman–Crippen MR) is 79.7 cm³/mol.